The molecule has 1 aromatic rings. The van der Waals surface area contributed by atoms with Gasteiger partial charge < -0.3 is 15.7 Å². The normalized spacial score (nSPS) is 22.2. The van der Waals surface area contributed by atoms with Crippen LogP contribution in [0.25, 0.3) is 0 Å². The first-order chi connectivity index (χ1) is 6.77. The highest BCUT2D eigenvalue weighted by atomic mass is 79.9. The molecule has 2 rings (SSSR count). The van der Waals surface area contributed by atoms with Crippen molar-refractivity contribution in [2.45, 2.75) is 6.04 Å². The van der Waals surface area contributed by atoms with E-state index in [0.717, 1.165) is 29.7 Å². The molecule has 4 heteroatoms. The van der Waals surface area contributed by atoms with Crippen LogP contribution in [0.15, 0.2) is 22.7 Å². The van der Waals surface area contributed by atoms with Crippen molar-refractivity contribution < 1.29 is 5.11 Å². The van der Waals surface area contributed by atoms with E-state index < -0.39 is 0 Å². The van der Waals surface area contributed by atoms with Crippen LogP contribution in [0, 0.1) is 0 Å². The lowest BCUT2D eigenvalue weighted by molar-refractivity contribution is 0.425. The number of rotatable bonds is 1. The lowest BCUT2D eigenvalue weighted by Crippen LogP contribution is -2.42. The molecule has 76 valence electrons. The van der Waals surface area contributed by atoms with Gasteiger partial charge in [0.1, 0.15) is 5.75 Å². The molecule has 0 amide bonds. The monoisotopic (exact) mass is 256 g/mol. The maximum Gasteiger partial charge on any atom is 0.115 e. The molecule has 1 aliphatic rings. The van der Waals surface area contributed by atoms with Crippen LogP contribution in [0.3, 0.4) is 0 Å². The van der Waals surface area contributed by atoms with Crippen molar-refractivity contribution in [2.24, 2.45) is 0 Å². The van der Waals surface area contributed by atoms with Crippen molar-refractivity contribution in [1.82, 2.24) is 10.6 Å². The lowest BCUT2D eigenvalue weighted by atomic mass is 10.1. The van der Waals surface area contributed by atoms with Crippen LogP contribution >= 0.6 is 15.9 Å². The molecule has 3 nitrogen and oxygen atoms in total. The molecule has 1 unspecified atom stereocenters. The Morgan fingerprint density at radius 1 is 1.36 bits per heavy atom. The smallest absolute Gasteiger partial charge is 0.115 e. The third-order valence-electron chi connectivity index (χ3n) is 2.40. The number of benzene rings is 1. The molecular weight excluding hydrogens is 244 g/mol. The summed E-state index contributed by atoms with van der Waals surface area (Å²) in [6.07, 6.45) is 0. The molecule has 0 spiro atoms. The van der Waals surface area contributed by atoms with Crippen molar-refractivity contribution in [3.63, 3.8) is 0 Å². The highest BCUT2D eigenvalue weighted by Crippen LogP contribution is 2.27. The van der Waals surface area contributed by atoms with Gasteiger partial charge >= 0.3 is 0 Å². The van der Waals surface area contributed by atoms with Gasteiger partial charge in [-0.05, 0) is 23.8 Å². The minimum Gasteiger partial charge on any atom is -0.508 e. The fraction of sp³-hybridized carbons (Fsp3) is 0.400. The van der Waals surface area contributed by atoms with Gasteiger partial charge in [0.05, 0.1) is 0 Å². The zero-order chi connectivity index (χ0) is 9.97. The summed E-state index contributed by atoms with van der Waals surface area (Å²) in [6, 6.07) is 5.64. The average molecular weight is 257 g/mol. The zero-order valence-electron chi connectivity index (χ0n) is 7.76. The zero-order valence-corrected chi connectivity index (χ0v) is 9.34. The maximum atomic E-state index is 9.40. The van der Waals surface area contributed by atoms with Gasteiger partial charge in [-0.2, -0.15) is 0 Å². The third-order valence-corrected chi connectivity index (χ3v) is 3.12. The predicted molar refractivity (Wildman–Crippen MR) is 59.4 cm³/mol. The first kappa shape index (κ1) is 9.96. The number of piperazine rings is 1. The van der Waals surface area contributed by atoms with Crippen LogP contribution in [0.5, 0.6) is 5.75 Å². The van der Waals surface area contributed by atoms with Crippen LogP contribution in [-0.4, -0.2) is 24.7 Å². The molecule has 0 bridgehead atoms. The summed E-state index contributed by atoms with van der Waals surface area (Å²) in [5.41, 5.74) is 1.11. The molecule has 0 radical (unpaired) electrons. The van der Waals surface area contributed by atoms with Crippen LogP contribution in [0.1, 0.15) is 11.6 Å². The summed E-state index contributed by atoms with van der Waals surface area (Å²) in [7, 11) is 0. The van der Waals surface area contributed by atoms with Crippen LogP contribution in [0.4, 0.5) is 0 Å². The van der Waals surface area contributed by atoms with E-state index in [9.17, 15) is 5.11 Å². The number of hydrogen-bond donors (Lipinski definition) is 3. The average Bonchev–Trinajstić information content (AvgIpc) is 2.23. The van der Waals surface area contributed by atoms with Crippen molar-refractivity contribution in [3.05, 3.63) is 28.2 Å². The molecule has 3 N–H and O–H groups in total. The number of hydrogen-bond acceptors (Lipinski definition) is 3. The van der Waals surface area contributed by atoms with Gasteiger partial charge in [0.15, 0.2) is 0 Å². The fourth-order valence-electron chi connectivity index (χ4n) is 1.67. The molecular formula is C10H13BrN2O. The van der Waals surface area contributed by atoms with Crippen LogP contribution in [-0.2, 0) is 0 Å². The highest BCUT2D eigenvalue weighted by molar-refractivity contribution is 9.10. The standard InChI is InChI=1S/C10H13BrN2O/c11-9-2-1-7(14)5-8(9)10-6-12-3-4-13-10/h1-2,5,10,12-14H,3-4,6H2. The molecule has 1 atom stereocenters. The topological polar surface area (TPSA) is 44.3 Å². The first-order valence-electron chi connectivity index (χ1n) is 4.70. The predicted octanol–water partition coefficient (Wildman–Crippen LogP) is 1.39. The van der Waals surface area contributed by atoms with Crippen LogP contribution < -0.4 is 10.6 Å². The molecule has 1 heterocycles. The largest absolute Gasteiger partial charge is 0.508 e. The Morgan fingerprint density at radius 2 is 2.21 bits per heavy atom. The molecule has 1 saturated heterocycles. The quantitative estimate of drug-likeness (QED) is 0.712. The Balaban J connectivity index is 2.24. The summed E-state index contributed by atoms with van der Waals surface area (Å²) in [5.74, 6) is 0.315. The van der Waals surface area contributed by atoms with Gasteiger partial charge in [-0.3, -0.25) is 0 Å². The molecule has 1 aliphatic heterocycles. The second-order valence-electron chi connectivity index (χ2n) is 3.42. The van der Waals surface area contributed by atoms with Gasteiger partial charge in [0.25, 0.3) is 0 Å². The minimum absolute atomic E-state index is 0.283. The number of aromatic hydroxyl groups is 1. The van der Waals surface area contributed by atoms with E-state index in [4.69, 9.17) is 0 Å². The Morgan fingerprint density at radius 3 is 2.93 bits per heavy atom. The number of nitrogens with one attached hydrogen (secondary N) is 2. The van der Waals surface area contributed by atoms with E-state index in [1.807, 2.05) is 6.07 Å². The summed E-state index contributed by atoms with van der Waals surface area (Å²) in [6.45, 7) is 2.88. The Labute approximate surface area is 91.6 Å². The minimum atomic E-state index is 0.283. The maximum absolute atomic E-state index is 9.40. The Kier molecular flexibility index (Phi) is 3.05. The SMILES string of the molecule is Oc1ccc(Br)c(C2CNCCN2)c1. The van der Waals surface area contributed by atoms with Gasteiger partial charge in [0, 0.05) is 30.1 Å². The third kappa shape index (κ3) is 2.08. The summed E-state index contributed by atoms with van der Waals surface area (Å²) < 4.78 is 1.04. The van der Waals surface area contributed by atoms with E-state index >= 15 is 0 Å². The molecule has 1 aromatic carbocycles. The molecule has 0 aliphatic carbocycles. The highest BCUT2D eigenvalue weighted by Gasteiger charge is 2.16. The Hall–Kier alpha value is -0.580. The molecule has 14 heavy (non-hydrogen) atoms. The molecule has 0 aromatic heterocycles. The fourth-order valence-corrected chi connectivity index (χ4v) is 2.19. The van der Waals surface area contributed by atoms with Crippen molar-refractivity contribution in [2.75, 3.05) is 19.6 Å². The lowest BCUT2D eigenvalue weighted by Gasteiger charge is -2.25. The Bertz CT molecular complexity index is 324. The first-order valence-corrected chi connectivity index (χ1v) is 5.49. The molecule has 0 saturated carbocycles. The van der Waals surface area contributed by atoms with E-state index in [1.165, 1.54) is 0 Å². The van der Waals surface area contributed by atoms with Crippen molar-refractivity contribution in [1.29, 1.82) is 0 Å². The van der Waals surface area contributed by atoms with E-state index in [2.05, 4.69) is 26.6 Å². The van der Waals surface area contributed by atoms with Gasteiger partial charge in [-0.25, -0.2) is 0 Å². The summed E-state index contributed by atoms with van der Waals surface area (Å²) >= 11 is 3.49. The second-order valence-corrected chi connectivity index (χ2v) is 4.27. The number of halogens is 1. The van der Waals surface area contributed by atoms with Gasteiger partial charge in [-0.1, -0.05) is 15.9 Å². The van der Waals surface area contributed by atoms with E-state index in [0.29, 0.717) is 5.75 Å². The van der Waals surface area contributed by atoms with Crippen LogP contribution in [0.2, 0.25) is 0 Å². The van der Waals surface area contributed by atoms with E-state index in [-0.39, 0.29) is 6.04 Å². The number of phenolic OH excluding ortho intramolecular Hbond substituents is 1. The summed E-state index contributed by atoms with van der Waals surface area (Å²) in [5, 5.41) is 16.1. The van der Waals surface area contributed by atoms with Crippen molar-refractivity contribution >= 4 is 15.9 Å². The van der Waals surface area contributed by atoms with Crippen molar-refractivity contribution in [3.8, 4) is 5.75 Å². The summed E-state index contributed by atoms with van der Waals surface area (Å²) in [4.78, 5) is 0. The second kappa shape index (κ2) is 4.29. The van der Waals surface area contributed by atoms with Gasteiger partial charge in [-0.15, -0.1) is 0 Å². The number of phenols is 1. The van der Waals surface area contributed by atoms with Gasteiger partial charge in [0.2, 0.25) is 0 Å². The molecule has 1 fully saturated rings. The van der Waals surface area contributed by atoms with E-state index in [1.54, 1.807) is 12.1 Å².